The summed E-state index contributed by atoms with van der Waals surface area (Å²) in [5.41, 5.74) is 2.66. The smallest absolute Gasteiger partial charge is 0.223 e. The van der Waals surface area contributed by atoms with Crippen LogP contribution >= 0.6 is 0 Å². The fourth-order valence-corrected chi connectivity index (χ4v) is 6.69. The molecule has 1 saturated heterocycles. The van der Waals surface area contributed by atoms with E-state index in [4.69, 9.17) is 0 Å². The van der Waals surface area contributed by atoms with Crippen LogP contribution in [0.15, 0.2) is 24.3 Å². The van der Waals surface area contributed by atoms with Crippen LogP contribution in [0.4, 0.5) is 0 Å². The first-order valence-electron chi connectivity index (χ1n) is 10.7. The summed E-state index contributed by atoms with van der Waals surface area (Å²) in [6, 6.07) is 8.51. The third-order valence-corrected chi connectivity index (χ3v) is 8.76. The van der Waals surface area contributed by atoms with Crippen LogP contribution in [0, 0.1) is 0 Å². The Bertz CT molecular complexity index is 794. The van der Waals surface area contributed by atoms with Crippen molar-refractivity contribution < 1.29 is 13.2 Å². The number of rotatable bonds is 7. The lowest BCUT2D eigenvalue weighted by molar-refractivity contribution is -0.131. The van der Waals surface area contributed by atoms with Crippen molar-refractivity contribution in [2.24, 2.45) is 0 Å². The van der Waals surface area contributed by atoms with Crippen LogP contribution in [0.25, 0.3) is 0 Å². The zero-order valence-electron chi connectivity index (χ0n) is 17.5. The van der Waals surface area contributed by atoms with Crippen molar-refractivity contribution in [1.82, 2.24) is 9.21 Å². The van der Waals surface area contributed by atoms with Gasteiger partial charge in [0.25, 0.3) is 0 Å². The van der Waals surface area contributed by atoms with Gasteiger partial charge in [0.1, 0.15) is 0 Å². The second-order valence-corrected chi connectivity index (χ2v) is 10.3. The molecule has 1 atom stereocenters. The first kappa shape index (κ1) is 21.3. The van der Waals surface area contributed by atoms with Gasteiger partial charge in [0.2, 0.25) is 15.9 Å². The Labute approximate surface area is 170 Å². The van der Waals surface area contributed by atoms with Gasteiger partial charge in [-0.3, -0.25) is 4.79 Å². The molecule has 0 saturated carbocycles. The summed E-state index contributed by atoms with van der Waals surface area (Å²) >= 11 is 0. The molecule has 1 unspecified atom stereocenters. The van der Waals surface area contributed by atoms with Crippen LogP contribution in [0.1, 0.15) is 69.9 Å². The molecule has 156 valence electrons. The summed E-state index contributed by atoms with van der Waals surface area (Å²) in [4.78, 5) is 14.6. The van der Waals surface area contributed by atoms with E-state index in [0.29, 0.717) is 25.9 Å². The molecule has 1 heterocycles. The molecule has 2 aliphatic rings. The zero-order valence-corrected chi connectivity index (χ0v) is 18.3. The van der Waals surface area contributed by atoms with E-state index in [1.54, 1.807) is 4.31 Å². The van der Waals surface area contributed by atoms with Gasteiger partial charge in [0, 0.05) is 32.6 Å². The third-order valence-electron chi connectivity index (χ3n) is 6.68. The Balaban J connectivity index is 1.78. The van der Waals surface area contributed by atoms with Crippen LogP contribution in [-0.4, -0.2) is 55.5 Å². The van der Waals surface area contributed by atoms with E-state index in [1.165, 1.54) is 11.1 Å². The lowest BCUT2D eigenvalue weighted by atomic mass is 9.73. The second kappa shape index (κ2) is 8.54. The maximum Gasteiger partial charge on any atom is 0.223 e. The Morgan fingerprint density at radius 1 is 1.14 bits per heavy atom. The number of piperidine rings is 1. The summed E-state index contributed by atoms with van der Waals surface area (Å²) in [5.74, 6) is 0.699. The van der Waals surface area contributed by atoms with Crippen LogP contribution < -0.4 is 0 Å². The van der Waals surface area contributed by atoms with Gasteiger partial charge in [0.15, 0.2) is 0 Å². The minimum atomic E-state index is -3.13. The third kappa shape index (κ3) is 3.99. The van der Waals surface area contributed by atoms with E-state index < -0.39 is 10.0 Å². The SMILES string of the molecule is CCCS(=O)(=O)N1CCC2(CC1)CC(CC(=O)N(CC)CC)c1ccccc12. The van der Waals surface area contributed by atoms with Gasteiger partial charge in [-0.05, 0) is 62.0 Å². The van der Waals surface area contributed by atoms with Crippen LogP contribution in [0.5, 0.6) is 0 Å². The topological polar surface area (TPSA) is 57.7 Å². The molecule has 1 amide bonds. The fraction of sp³-hybridized carbons (Fsp3) is 0.682. The van der Waals surface area contributed by atoms with E-state index in [0.717, 1.165) is 32.4 Å². The molecule has 1 aliphatic carbocycles. The number of carbonyl (C=O) groups is 1. The molecule has 0 radical (unpaired) electrons. The van der Waals surface area contributed by atoms with Gasteiger partial charge < -0.3 is 4.90 Å². The number of hydrogen-bond donors (Lipinski definition) is 0. The van der Waals surface area contributed by atoms with Crippen molar-refractivity contribution in [3.8, 4) is 0 Å². The molecular formula is C22H34N2O3S. The van der Waals surface area contributed by atoms with Crippen molar-refractivity contribution in [1.29, 1.82) is 0 Å². The molecule has 5 nitrogen and oxygen atoms in total. The lowest BCUT2D eigenvalue weighted by Gasteiger charge is -2.40. The minimum Gasteiger partial charge on any atom is -0.343 e. The predicted molar refractivity (Wildman–Crippen MR) is 113 cm³/mol. The number of hydrogen-bond acceptors (Lipinski definition) is 3. The molecule has 1 aliphatic heterocycles. The summed E-state index contributed by atoms with van der Waals surface area (Å²) in [6.45, 7) is 8.64. The molecule has 1 aromatic rings. The molecule has 0 bridgehead atoms. The van der Waals surface area contributed by atoms with Gasteiger partial charge in [-0.15, -0.1) is 0 Å². The van der Waals surface area contributed by atoms with Crippen molar-refractivity contribution in [2.45, 2.75) is 64.2 Å². The average Bonchev–Trinajstić information content (AvgIpc) is 2.96. The van der Waals surface area contributed by atoms with E-state index in [9.17, 15) is 13.2 Å². The molecular weight excluding hydrogens is 372 g/mol. The number of fused-ring (bicyclic) bond motifs is 2. The van der Waals surface area contributed by atoms with Crippen LogP contribution in [0.3, 0.4) is 0 Å². The second-order valence-electron chi connectivity index (χ2n) is 8.25. The number of carbonyl (C=O) groups excluding carboxylic acids is 1. The maximum atomic E-state index is 12.7. The Morgan fingerprint density at radius 2 is 1.79 bits per heavy atom. The zero-order chi connectivity index (χ0) is 20.4. The first-order chi connectivity index (χ1) is 13.4. The van der Waals surface area contributed by atoms with E-state index >= 15 is 0 Å². The lowest BCUT2D eigenvalue weighted by Crippen LogP contribution is -2.45. The quantitative estimate of drug-likeness (QED) is 0.696. The highest BCUT2D eigenvalue weighted by atomic mass is 32.2. The Hall–Kier alpha value is -1.40. The molecule has 3 rings (SSSR count). The minimum absolute atomic E-state index is 0.0169. The largest absolute Gasteiger partial charge is 0.343 e. The highest BCUT2D eigenvalue weighted by Gasteiger charge is 2.47. The molecule has 0 N–H and O–H groups in total. The van der Waals surface area contributed by atoms with Gasteiger partial charge in [-0.2, -0.15) is 0 Å². The number of amides is 1. The molecule has 28 heavy (non-hydrogen) atoms. The highest BCUT2D eigenvalue weighted by molar-refractivity contribution is 7.89. The first-order valence-corrected chi connectivity index (χ1v) is 12.3. The number of nitrogens with zero attached hydrogens (tertiary/aromatic N) is 2. The predicted octanol–water partition coefficient (Wildman–Crippen LogP) is 3.51. The maximum absolute atomic E-state index is 12.7. The Morgan fingerprint density at radius 3 is 2.39 bits per heavy atom. The number of benzene rings is 1. The highest BCUT2D eigenvalue weighted by Crippen LogP contribution is 2.53. The average molecular weight is 407 g/mol. The molecule has 1 fully saturated rings. The molecule has 6 heteroatoms. The van der Waals surface area contributed by atoms with Crippen molar-refractivity contribution in [2.75, 3.05) is 31.9 Å². The monoisotopic (exact) mass is 406 g/mol. The van der Waals surface area contributed by atoms with E-state index in [2.05, 4.69) is 24.3 Å². The van der Waals surface area contributed by atoms with Gasteiger partial charge in [-0.25, -0.2) is 12.7 Å². The van der Waals surface area contributed by atoms with E-state index in [-0.39, 0.29) is 23.0 Å². The summed E-state index contributed by atoms with van der Waals surface area (Å²) in [6.07, 6.45) is 3.87. The standard InChI is InChI=1S/C22H34N2O3S/c1-4-15-28(26,27)24-13-11-22(12-14-24)17-18(16-21(25)23(5-2)6-3)19-9-7-8-10-20(19)22/h7-10,18H,4-6,11-17H2,1-3H3. The van der Waals surface area contributed by atoms with Gasteiger partial charge in [0.05, 0.1) is 5.75 Å². The molecule has 1 spiro atoms. The van der Waals surface area contributed by atoms with Crippen molar-refractivity contribution in [3.63, 3.8) is 0 Å². The van der Waals surface area contributed by atoms with Crippen LogP contribution in [-0.2, 0) is 20.2 Å². The van der Waals surface area contributed by atoms with Crippen molar-refractivity contribution >= 4 is 15.9 Å². The number of sulfonamides is 1. The van der Waals surface area contributed by atoms with Gasteiger partial charge in [-0.1, -0.05) is 31.2 Å². The summed E-state index contributed by atoms with van der Waals surface area (Å²) in [7, 11) is -3.13. The molecule has 1 aromatic carbocycles. The Kier molecular flexibility index (Phi) is 6.50. The molecule has 0 aromatic heterocycles. The summed E-state index contributed by atoms with van der Waals surface area (Å²) in [5, 5.41) is 0. The fourth-order valence-electron chi connectivity index (χ4n) is 5.18. The van der Waals surface area contributed by atoms with E-state index in [1.807, 2.05) is 25.7 Å². The van der Waals surface area contributed by atoms with Crippen LogP contribution in [0.2, 0.25) is 0 Å². The normalized spacial score (nSPS) is 21.6. The van der Waals surface area contributed by atoms with Gasteiger partial charge >= 0.3 is 0 Å². The van der Waals surface area contributed by atoms with Crippen molar-refractivity contribution in [3.05, 3.63) is 35.4 Å². The summed E-state index contributed by atoms with van der Waals surface area (Å²) < 4.78 is 26.6.